The van der Waals surface area contributed by atoms with Crippen molar-refractivity contribution in [1.82, 2.24) is 0 Å². The number of esters is 1. The van der Waals surface area contributed by atoms with Crippen LogP contribution in [0.3, 0.4) is 0 Å². The van der Waals surface area contributed by atoms with Gasteiger partial charge in [0.15, 0.2) is 6.61 Å². The second-order valence-corrected chi connectivity index (χ2v) is 5.53. The molecule has 2 aromatic carbocycles. The number of anilines is 1. The molecule has 0 heterocycles. The molecule has 0 saturated carbocycles. The first-order valence-corrected chi connectivity index (χ1v) is 8.33. The number of nitrogens with one attached hydrogen (secondary N) is 1. The van der Waals surface area contributed by atoms with Gasteiger partial charge in [-0.3, -0.25) is 4.79 Å². The van der Waals surface area contributed by atoms with Crippen molar-refractivity contribution in [1.29, 1.82) is 0 Å². The van der Waals surface area contributed by atoms with Crippen molar-refractivity contribution in [3.05, 3.63) is 66.2 Å². The lowest BCUT2D eigenvalue weighted by atomic mass is 10.1. The maximum absolute atomic E-state index is 13.3. The Balaban J connectivity index is 2.12. The first-order valence-electron chi connectivity index (χ1n) is 8.33. The van der Waals surface area contributed by atoms with Crippen molar-refractivity contribution in [3.8, 4) is 5.75 Å². The predicted molar refractivity (Wildman–Crippen MR) is 97.7 cm³/mol. The van der Waals surface area contributed by atoms with Gasteiger partial charge in [-0.2, -0.15) is 13.2 Å². The van der Waals surface area contributed by atoms with Crippen LogP contribution in [0.25, 0.3) is 5.57 Å². The highest BCUT2D eigenvalue weighted by molar-refractivity contribution is 6.04. The molecule has 0 aliphatic rings. The molecule has 2 rings (SSSR count). The second-order valence-electron chi connectivity index (χ2n) is 5.53. The average Bonchev–Trinajstić information content (AvgIpc) is 2.65. The van der Waals surface area contributed by atoms with Crippen molar-refractivity contribution < 1.29 is 32.2 Å². The molecule has 2 aromatic rings. The van der Waals surface area contributed by atoms with Gasteiger partial charge in [0.2, 0.25) is 5.91 Å². The van der Waals surface area contributed by atoms with Gasteiger partial charge in [0.05, 0.1) is 12.2 Å². The van der Waals surface area contributed by atoms with Crippen molar-refractivity contribution >= 4 is 23.1 Å². The zero-order chi connectivity index (χ0) is 20.6. The number of benzene rings is 2. The summed E-state index contributed by atoms with van der Waals surface area (Å²) in [5.41, 5.74) is -0.950. The highest BCUT2D eigenvalue weighted by Crippen LogP contribution is 2.33. The van der Waals surface area contributed by atoms with Crippen LogP contribution in [0, 0.1) is 0 Å². The SMILES string of the molecule is CCOC(=O)COc1cccc(NC(=O)/C=C(/c2ccccc2)C(F)(F)F)c1. The van der Waals surface area contributed by atoms with E-state index in [2.05, 4.69) is 5.32 Å². The van der Waals surface area contributed by atoms with E-state index in [0.717, 1.165) is 0 Å². The van der Waals surface area contributed by atoms with E-state index >= 15 is 0 Å². The maximum Gasteiger partial charge on any atom is 0.417 e. The van der Waals surface area contributed by atoms with Crippen LogP contribution in [-0.4, -0.2) is 31.3 Å². The first kappa shape index (κ1) is 21.0. The maximum atomic E-state index is 13.3. The minimum absolute atomic E-state index is 0.114. The lowest BCUT2D eigenvalue weighted by Gasteiger charge is -2.12. The monoisotopic (exact) mass is 393 g/mol. The van der Waals surface area contributed by atoms with Crippen LogP contribution in [0.5, 0.6) is 5.75 Å². The van der Waals surface area contributed by atoms with Gasteiger partial charge in [-0.1, -0.05) is 36.4 Å². The molecule has 0 aliphatic carbocycles. The molecular formula is C20H18F3NO4. The fraction of sp³-hybridized carbons (Fsp3) is 0.200. The van der Waals surface area contributed by atoms with E-state index in [0.29, 0.717) is 6.08 Å². The number of rotatable bonds is 7. The van der Waals surface area contributed by atoms with E-state index in [1.54, 1.807) is 13.0 Å². The lowest BCUT2D eigenvalue weighted by molar-refractivity contribution is -0.145. The van der Waals surface area contributed by atoms with Crippen molar-refractivity contribution in [2.75, 3.05) is 18.5 Å². The summed E-state index contributed by atoms with van der Waals surface area (Å²) < 4.78 is 49.8. The van der Waals surface area contributed by atoms with Crippen LogP contribution in [0.15, 0.2) is 60.7 Å². The Bertz CT molecular complexity index is 848. The van der Waals surface area contributed by atoms with Crippen LogP contribution in [0.2, 0.25) is 0 Å². The molecule has 8 heteroatoms. The van der Waals surface area contributed by atoms with Gasteiger partial charge < -0.3 is 14.8 Å². The van der Waals surface area contributed by atoms with E-state index in [4.69, 9.17) is 9.47 Å². The summed E-state index contributed by atoms with van der Waals surface area (Å²) in [6.45, 7) is 1.55. The Hall–Kier alpha value is -3.29. The fourth-order valence-corrected chi connectivity index (χ4v) is 2.26. The van der Waals surface area contributed by atoms with Crippen LogP contribution in [0.4, 0.5) is 18.9 Å². The van der Waals surface area contributed by atoms with Gasteiger partial charge in [0.25, 0.3) is 0 Å². The molecule has 0 bridgehead atoms. The quantitative estimate of drug-likeness (QED) is 0.565. The second kappa shape index (κ2) is 9.59. The summed E-state index contributed by atoms with van der Waals surface area (Å²) in [6.07, 6.45) is -4.19. The third-order valence-electron chi connectivity index (χ3n) is 3.43. The molecular weight excluding hydrogens is 375 g/mol. The molecule has 0 aliphatic heterocycles. The van der Waals surface area contributed by atoms with Crippen molar-refractivity contribution in [2.24, 2.45) is 0 Å². The Kier molecular flexibility index (Phi) is 7.20. The Morgan fingerprint density at radius 2 is 1.79 bits per heavy atom. The number of alkyl halides is 3. The summed E-state index contributed by atoms with van der Waals surface area (Å²) in [5.74, 6) is -1.25. The summed E-state index contributed by atoms with van der Waals surface area (Å²) in [7, 11) is 0. The number of carbonyl (C=O) groups excluding carboxylic acids is 2. The highest BCUT2D eigenvalue weighted by atomic mass is 19.4. The van der Waals surface area contributed by atoms with E-state index in [1.807, 2.05) is 0 Å². The molecule has 0 atom stereocenters. The summed E-state index contributed by atoms with van der Waals surface area (Å²) in [5, 5.41) is 2.36. The molecule has 0 radical (unpaired) electrons. The average molecular weight is 393 g/mol. The summed E-state index contributed by atoms with van der Waals surface area (Å²) in [6, 6.07) is 13.0. The third kappa shape index (κ3) is 6.46. The largest absolute Gasteiger partial charge is 0.482 e. The predicted octanol–water partition coefficient (Wildman–Crippen LogP) is 4.21. The van der Waals surface area contributed by atoms with Crippen LogP contribution in [-0.2, 0) is 14.3 Å². The molecule has 0 spiro atoms. The van der Waals surface area contributed by atoms with Crippen molar-refractivity contribution in [2.45, 2.75) is 13.1 Å². The molecule has 0 saturated heterocycles. The summed E-state index contributed by atoms with van der Waals surface area (Å²) >= 11 is 0. The van der Waals surface area contributed by atoms with E-state index < -0.39 is 23.6 Å². The first-order chi connectivity index (χ1) is 13.3. The number of amides is 1. The van der Waals surface area contributed by atoms with Crippen LogP contribution in [0.1, 0.15) is 12.5 Å². The zero-order valence-electron chi connectivity index (χ0n) is 15.0. The Morgan fingerprint density at radius 1 is 1.07 bits per heavy atom. The molecule has 1 N–H and O–H groups in total. The Morgan fingerprint density at radius 3 is 2.43 bits per heavy atom. The van der Waals surface area contributed by atoms with Gasteiger partial charge >= 0.3 is 12.1 Å². The summed E-state index contributed by atoms with van der Waals surface area (Å²) in [4.78, 5) is 23.4. The molecule has 148 valence electrons. The van der Waals surface area contributed by atoms with Gasteiger partial charge in [-0.05, 0) is 24.6 Å². The molecule has 1 amide bonds. The minimum Gasteiger partial charge on any atom is -0.482 e. The van der Waals surface area contributed by atoms with E-state index in [-0.39, 0.29) is 30.2 Å². The number of ether oxygens (including phenoxy) is 2. The van der Waals surface area contributed by atoms with Crippen LogP contribution < -0.4 is 10.1 Å². The van der Waals surface area contributed by atoms with Gasteiger partial charge in [0.1, 0.15) is 5.75 Å². The van der Waals surface area contributed by atoms with Gasteiger partial charge in [0, 0.05) is 17.8 Å². The highest BCUT2D eigenvalue weighted by Gasteiger charge is 2.35. The molecule has 0 aromatic heterocycles. The number of hydrogen-bond acceptors (Lipinski definition) is 4. The third-order valence-corrected chi connectivity index (χ3v) is 3.43. The van der Waals surface area contributed by atoms with E-state index in [1.165, 1.54) is 48.5 Å². The molecule has 5 nitrogen and oxygen atoms in total. The molecule has 28 heavy (non-hydrogen) atoms. The standard InChI is InChI=1S/C20H18F3NO4/c1-2-27-19(26)13-28-16-10-6-9-15(11-16)24-18(25)12-17(20(21,22)23)14-7-4-3-5-8-14/h3-12H,2,13H2,1H3,(H,24,25)/b17-12-. The fourth-order valence-electron chi connectivity index (χ4n) is 2.26. The van der Waals surface area contributed by atoms with Gasteiger partial charge in [-0.15, -0.1) is 0 Å². The van der Waals surface area contributed by atoms with E-state index in [9.17, 15) is 22.8 Å². The number of halogens is 3. The lowest BCUT2D eigenvalue weighted by Crippen LogP contribution is -2.16. The van der Waals surface area contributed by atoms with Crippen LogP contribution >= 0.6 is 0 Å². The van der Waals surface area contributed by atoms with Gasteiger partial charge in [-0.25, -0.2) is 4.79 Å². The molecule has 0 fully saturated rings. The zero-order valence-corrected chi connectivity index (χ0v) is 15.0. The number of hydrogen-bond donors (Lipinski definition) is 1. The molecule has 0 unspecified atom stereocenters. The number of allylic oxidation sites excluding steroid dienone is 1. The normalized spacial score (nSPS) is 11.6. The van der Waals surface area contributed by atoms with Crippen molar-refractivity contribution in [3.63, 3.8) is 0 Å². The minimum atomic E-state index is -4.69. The Labute approximate surface area is 159 Å². The smallest absolute Gasteiger partial charge is 0.417 e. The number of carbonyl (C=O) groups is 2. The topological polar surface area (TPSA) is 64.6 Å².